The Hall–Kier alpha value is -0.0500. The molecule has 4 bridgehead atoms. The van der Waals surface area contributed by atoms with Crippen molar-refractivity contribution in [3.05, 3.63) is 21.3 Å². The molecule has 4 saturated carbocycles. The predicted octanol–water partition coefficient (Wildman–Crippen LogP) is 5.27. The molecule has 0 aromatic carbocycles. The van der Waals surface area contributed by atoms with Crippen LogP contribution in [0.5, 0.6) is 0 Å². The van der Waals surface area contributed by atoms with Crippen LogP contribution in [0.15, 0.2) is 11.4 Å². The van der Waals surface area contributed by atoms with Crippen molar-refractivity contribution < 1.29 is 0 Å². The first-order valence-electron chi connectivity index (χ1n) is 8.07. The van der Waals surface area contributed by atoms with Gasteiger partial charge < -0.3 is 5.32 Å². The number of halogens is 1. The third-order valence-electron chi connectivity index (χ3n) is 6.11. The molecule has 110 valence electrons. The van der Waals surface area contributed by atoms with Crippen LogP contribution in [0, 0.1) is 23.2 Å². The Morgan fingerprint density at radius 2 is 1.85 bits per heavy atom. The van der Waals surface area contributed by atoms with Crippen molar-refractivity contribution in [3.8, 4) is 0 Å². The summed E-state index contributed by atoms with van der Waals surface area (Å²) < 4.78 is 0. The number of rotatable bonds is 4. The molecule has 0 amide bonds. The number of thiophene rings is 1. The Bertz CT molecular complexity index is 460. The fourth-order valence-corrected chi connectivity index (χ4v) is 7.15. The van der Waals surface area contributed by atoms with Gasteiger partial charge in [-0.2, -0.15) is 0 Å². The van der Waals surface area contributed by atoms with Gasteiger partial charge in [-0.3, -0.25) is 0 Å². The maximum atomic E-state index is 6.37. The molecule has 20 heavy (non-hydrogen) atoms. The third-order valence-corrected chi connectivity index (χ3v) is 7.58. The summed E-state index contributed by atoms with van der Waals surface area (Å²) in [5.41, 5.74) is 0.621. The molecule has 0 spiro atoms. The van der Waals surface area contributed by atoms with Gasteiger partial charge in [-0.15, -0.1) is 11.3 Å². The van der Waals surface area contributed by atoms with E-state index in [0.29, 0.717) is 11.5 Å². The van der Waals surface area contributed by atoms with Gasteiger partial charge in [0.1, 0.15) is 0 Å². The van der Waals surface area contributed by atoms with Gasteiger partial charge in [0.25, 0.3) is 0 Å². The van der Waals surface area contributed by atoms with E-state index in [9.17, 15) is 0 Å². The van der Waals surface area contributed by atoms with Crippen LogP contribution in [0.3, 0.4) is 0 Å². The fourth-order valence-electron chi connectivity index (χ4n) is 5.85. The summed E-state index contributed by atoms with van der Waals surface area (Å²) in [6.45, 7) is 0. The summed E-state index contributed by atoms with van der Waals surface area (Å²) in [7, 11) is 2.10. The fraction of sp³-hybridized carbons (Fsp3) is 0.765. The first kappa shape index (κ1) is 13.6. The Morgan fingerprint density at radius 3 is 2.30 bits per heavy atom. The second-order valence-electron chi connectivity index (χ2n) is 7.60. The Balaban J connectivity index is 1.57. The highest BCUT2D eigenvalue weighted by Gasteiger charge is 2.51. The smallest absolute Gasteiger partial charge is 0.0561 e. The molecule has 5 rings (SSSR count). The van der Waals surface area contributed by atoms with Crippen LogP contribution in [0.25, 0.3) is 0 Å². The summed E-state index contributed by atoms with van der Waals surface area (Å²) in [6.07, 6.45) is 10.4. The summed E-state index contributed by atoms with van der Waals surface area (Å²) in [6, 6.07) is 2.50. The van der Waals surface area contributed by atoms with Gasteiger partial charge in [-0.25, -0.2) is 0 Å². The van der Waals surface area contributed by atoms with Crippen LogP contribution in [-0.2, 0) is 0 Å². The topological polar surface area (TPSA) is 12.0 Å². The second kappa shape index (κ2) is 5.00. The SMILES string of the molecule is CNC(CC12CC3CC(CC(C3)C1)C2)c1sccc1Cl. The maximum Gasteiger partial charge on any atom is 0.0561 e. The Morgan fingerprint density at radius 1 is 1.25 bits per heavy atom. The number of hydrogen-bond acceptors (Lipinski definition) is 2. The minimum atomic E-state index is 0.457. The molecular weight excluding hydrogens is 286 g/mol. The zero-order chi connectivity index (χ0) is 13.7. The second-order valence-corrected chi connectivity index (χ2v) is 8.95. The van der Waals surface area contributed by atoms with Gasteiger partial charge in [-0.05, 0) is 86.6 Å². The lowest BCUT2D eigenvalue weighted by atomic mass is 9.48. The molecule has 4 aliphatic rings. The quantitative estimate of drug-likeness (QED) is 0.799. The molecular formula is C17H24ClNS. The highest BCUT2D eigenvalue weighted by Crippen LogP contribution is 2.62. The zero-order valence-electron chi connectivity index (χ0n) is 12.2. The van der Waals surface area contributed by atoms with E-state index < -0.39 is 0 Å². The van der Waals surface area contributed by atoms with E-state index in [0.717, 1.165) is 22.8 Å². The van der Waals surface area contributed by atoms with E-state index in [4.69, 9.17) is 11.6 Å². The van der Waals surface area contributed by atoms with Crippen molar-refractivity contribution >= 4 is 22.9 Å². The van der Waals surface area contributed by atoms with Gasteiger partial charge in [0.15, 0.2) is 0 Å². The van der Waals surface area contributed by atoms with Gasteiger partial charge in [0, 0.05) is 10.9 Å². The normalized spacial score (nSPS) is 40.2. The van der Waals surface area contributed by atoms with E-state index in [1.807, 2.05) is 17.4 Å². The van der Waals surface area contributed by atoms with Crippen molar-refractivity contribution in [3.63, 3.8) is 0 Å². The summed E-state index contributed by atoms with van der Waals surface area (Å²) in [4.78, 5) is 1.35. The molecule has 1 N–H and O–H groups in total. The number of hydrogen-bond donors (Lipinski definition) is 1. The summed E-state index contributed by atoms with van der Waals surface area (Å²) in [5, 5.41) is 6.63. The van der Waals surface area contributed by atoms with Crippen LogP contribution in [0.1, 0.15) is 55.9 Å². The monoisotopic (exact) mass is 309 g/mol. The highest BCUT2D eigenvalue weighted by atomic mass is 35.5. The zero-order valence-corrected chi connectivity index (χ0v) is 13.8. The summed E-state index contributed by atoms with van der Waals surface area (Å²) in [5.74, 6) is 3.12. The molecule has 1 nitrogen and oxygen atoms in total. The van der Waals surface area contributed by atoms with Crippen molar-refractivity contribution in [1.29, 1.82) is 0 Å². The molecule has 0 saturated heterocycles. The molecule has 4 fully saturated rings. The lowest BCUT2D eigenvalue weighted by Gasteiger charge is -2.57. The maximum absolute atomic E-state index is 6.37. The molecule has 1 heterocycles. The van der Waals surface area contributed by atoms with E-state index in [-0.39, 0.29) is 0 Å². The molecule has 1 aromatic rings. The average molecular weight is 310 g/mol. The van der Waals surface area contributed by atoms with Gasteiger partial charge in [0.2, 0.25) is 0 Å². The van der Waals surface area contributed by atoms with E-state index in [2.05, 4.69) is 17.7 Å². The molecule has 3 heteroatoms. The van der Waals surface area contributed by atoms with Crippen molar-refractivity contribution in [2.75, 3.05) is 7.05 Å². The minimum absolute atomic E-state index is 0.457. The highest BCUT2D eigenvalue weighted by molar-refractivity contribution is 7.10. The largest absolute Gasteiger partial charge is 0.312 e. The first-order valence-corrected chi connectivity index (χ1v) is 9.33. The van der Waals surface area contributed by atoms with Crippen molar-refractivity contribution in [2.45, 2.75) is 51.0 Å². The van der Waals surface area contributed by atoms with Crippen LogP contribution in [-0.4, -0.2) is 7.05 Å². The van der Waals surface area contributed by atoms with E-state index >= 15 is 0 Å². The average Bonchev–Trinajstić information content (AvgIpc) is 2.80. The van der Waals surface area contributed by atoms with E-state index in [1.165, 1.54) is 49.8 Å². The molecule has 0 radical (unpaired) electrons. The number of nitrogens with one attached hydrogen (secondary N) is 1. The van der Waals surface area contributed by atoms with Crippen LogP contribution in [0.4, 0.5) is 0 Å². The Labute approximate surface area is 131 Å². The first-order chi connectivity index (χ1) is 9.67. The van der Waals surface area contributed by atoms with Crippen LogP contribution >= 0.6 is 22.9 Å². The van der Waals surface area contributed by atoms with Crippen molar-refractivity contribution in [1.82, 2.24) is 5.32 Å². The van der Waals surface area contributed by atoms with E-state index in [1.54, 1.807) is 0 Å². The molecule has 4 aliphatic carbocycles. The van der Waals surface area contributed by atoms with Gasteiger partial charge >= 0.3 is 0 Å². The summed E-state index contributed by atoms with van der Waals surface area (Å²) >= 11 is 8.19. The standard InChI is InChI=1S/C17H24ClNS/c1-19-15(16-14(18)2-3-20-16)10-17-7-11-4-12(8-17)6-13(5-11)9-17/h2-3,11-13,15,19H,4-10H2,1H3. The lowest BCUT2D eigenvalue weighted by Crippen LogP contribution is -2.47. The molecule has 1 aromatic heterocycles. The Kier molecular flexibility index (Phi) is 3.40. The lowest BCUT2D eigenvalue weighted by molar-refractivity contribution is -0.0617. The van der Waals surface area contributed by atoms with Crippen LogP contribution in [0.2, 0.25) is 5.02 Å². The van der Waals surface area contributed by atoms with Crippen LogP contribution < -0.4 is 5.32 Å². The van der Waals surface area contributed by atoms with Crippen molar-refractivity contribution in [2.24, 2.45) is 23.2 Å². The van der Waals surface area contributed by atoms with Gasteiger partial charge in [0.05, 0.1) is 5.02 Å². The van der Waals surface area contributed by atoms with Gasteiger partial charge in [-0.1, -0.05) is 11.6 Å². The molecule has 0 aliphatic heterocycles. The molecule has 1 unspecified atom stereocenters. The minimum Gasteiger partial charge on any atom is -0.312 e. The predicted molar refractivity (Wildman–Crippen MR) is 86.4 cm³/mol. The third kappa shape index (κ3) is 2.24. The molecule has 1 atom stereocenters.